The molecule has 3 N–H and O–H groups in total. The third-order valence-corrected chi connectivity index (χ3v) is 6.78. The van der Waals surface area contributed by atoms with Crippen LogP contribution < -0.4 is 25.6 Å². The first kappa shape index (κ1) is 21.7. The van der Waals surface area contributed by atoms with E-state index in [1.165, 1.54) is 16.7 Å². The molecule has 8 heteroatoms. The summed E-state index contributed by atoms with van der Waals surface area (Å²) in [5, 5.41) is 3.09. The van der Waals surface area contributed by atoms with Crippen LogP contribution in [0.3, 0.4) is 0 Å². The van der Waals surface area contributed by atoms with Crippen LogP contribution in [0.15, 0.2) is 36.4 Å². The number of likely N-dealkylation sites (tertiary alicyclic amines) is 1. The van der Waals surface area contributed by atoms with Gasteiger partial charge in [-0.25, -0.2) is 10.9 Å². The van der Waals surface area contributed by atoms with Crippen LogP contribution >= 0.6 is 0 Å². The van der Waals surface area contributed by atoms with Gasteiger partial charge >= 0.3 is 0 Å². The number of amides is 2. The second-order valence-corrected chi connectivity index (χ2v) is 9.13. The number of nitrogens with one attached hydrogen (secondary N) is 3. The molecule has 33 heavy (non-hydrogen) atoms. The highest BCUT2D eigenvalue weighted by Crippen LogP contribution is 2.32. The molecule has 0 aliphatic carbocycles. The van der Waals surface area contributed by atoms with E-state index in [-0.39, 0.29) is 36.7 Å². The minimum absolute atomic E-state index is 0.0459. The van der Waals surface area contributed by atoms with Crippen molar-refractivity contribution >= 4 is 11.8 Å². The fourth-order valence-corrected chi connectivity index (χ4v) is 4.91. The molecule has 0 bridgehead atoms. The lowest BCUT2D eigenvalue weighted by Crippen LogP contribution is -2.51. The summed E-state index contributed by atoms with van der Waals surface area (Å²) in [5.41, 5.74) is 10.8. The predicted octanol–water partition coefficient (Wildman–Crippen LogP) is 2.36. The molecule has 2 atom stereocenters. The summed E-state index contributed by atoms with van der Waals surface area (Å²) in [6.45, 7) is 5.66. The maximum absolute atomic E-state index is 13.1. The highest BCUT2D eigenvalue weighted by molar-refractivity contribution is 5.95. The molecule has 2 aromatic rings. The van der Waals surface area contributed by atoms with Crippen molar-refractivity contribution in [2.45, 2.75) is 51.2 Å². The summed E-state index contributed by atoms with van der Waals surface area (Å²) in [6.07, 6.45) is 2.20. The van der Waals surface area contributed by atoms with Crippen molar-refractivity contribution in [3.8, 4) is 11.5 Å². The zero-order valence-corrected chi connectivity index (χ0v) is 19.0. The second-order valence-electron chi connectivity index (χ2n) is 9.13. The van der Waals surface area contributed by atoms with E-state index < -0.39 is 0 Å². The van der Waals surface area contributed by atoms with E-state index >= 15 is 0 Å². The number of carbonyl (C=O) groups is 2. The van der Waals surface area contributed by atoms with E-state index in [0.29, 0.717) is 30.2 Å². The molecule has 5 rings (SSSR count). The van der Waals surface area contributed by atoms with Gasteiger partial charge in [-0.15, -0.1) is 0 Å². The first-order chi connectivity index (χ1) is 16.0. The molecule has 3 heterocycles. The van der Waals surface area contributed by atoms with Crippen LogP contribution in [0.4, 0.5) is 0 Å². The molecule has 0 saturated carbocycles. The predicted molar refractivity (Wildman–Crippen MR) is 123 cm³/mol. The largest absolute Gasteiger partial charge is 0.454 e. The zero-order chi connectivity index (χ0) is 22.9. The summed E-state index contributed by atoms with van der Waals surface area (Å²) in [4.78, 5) is 27.6. The summed E-state index contributed by atoms with van der Waals surface area (Å²) in [5.74, 6) is 1.25. The number of piperidine rings is 1. The van der Waals surface area contributed by atoms with Crippen molar-refractivity contribution in [3.05, 3.63) is 58.7 Å². The summed E-state index contributed by atoms with van der Waals surface area (Å²) < 4.78 is 10.7. The van der Waals surface area contributed by atoms with Crippen LogP contribution in [0.25, 0.3) is 0 Å². The zero-order valence-electron chi connectivity index (χ0n) is 19.0. The number of rotatable bonds is 4. The lowest BCUT2D eigenvalue weighted by atomic mass is 9.95. The Kier molecular flexibility index (Phi) is 5.95. The Morgan fingerprint density at radius 3 is 2.58 bits per heavy atom. The van der Waals surface area contributed by atoms with E-state index in [1.54, 1.807) is 18.2 Å². The SMILES string of the molecule is Cc1ccc(C2CC(C(=O)N3CCC(NC(=O)c4ccc5c(c4)OCO5)CC3)NN2)c(C)c1. The van der Waals surface area contributed by atoms with Gasteiger partial charge in [0.05, 0.1) is 0 Å². The molecule has 0 aromatic heterocycles. The summed E-state index contributed by atoms with van der Waals surface area (Å²) in [7, 11) is 0. The number of carbonyl (C=O) groups excluding carboxylic acids is 2. The maximum Gasteiger partial charge on any atom is 0.251 e. The smallest absolute Gasteiger partial charge is 0.251 e. The van der Waals surface area contributed by atoms with Crippen molar-refractivity contribution in [1.82, 2.24) is 21.1 Å². The van der Waals surface area contributed by atoms with E-state index in [9.17, 15) is 9.59 Å². The quantitative estimate of drug-likeness (QED) is 0.663. The lowest BCUT2D eigenvalue weighted by Gasteiger charge is -2.33. The molecule has 3 aliphatic heterocycles. The Morgan fingerprint density at radius 2 is 1.79 bits per heavy atom. The Labute approximate surface area is 193 Å². The number of hydrogen-bond acceptors (Lipinski definition) is 6. The third kappa shape index (κ3) is 4.54. The fraction of sp³-hybridized carbons (Fsp3) is 0.440. The molecule has 3 aliphatic rings. The topological polar surface area (TPSA) is 91.9 Å². The lowest BCUT2D eigenvalue weighted by molar-refractivity contribution is -0.134. The van der Waals surface area contributed by atoms with Crippen molar-refractivity contribution in [1.29, 1.82) is 0 Å². The summed E-state index contributed by atoms with van der Waals surface area (Å²) in [6, 6.07) is 11.6. The number of benzene rings is 2. The van der Waals surface area contributed by atoms with Gasteiger partial charge in [0, 0.05) is 30.7 Å². The third-order valence-electron chi connectivity index (χ3n) is 6.78. The highest BCUT2D eigenvalue weighted by atomic mass is 16.7. The van der Waals surface area contributed by atoms with Crippen LogP contribution in [-0.4, -0.2) is 48.7 Å². The van der Waals surface area contributed by atoms with Crippen LogP contribution in [-0.2, 0) is 4.79 Å². The Bertz CT molecular complexity index is 1060. The summed E-state index contributed by atoms with van der Waals surface area (Å²) >= 11 is 0. The van der Waals surface area contributed by atoms with Gasteiger partial charge in [0.2, 0.25) is 12.7 Å². The van der Waals surface area contributed by atoms with Crippen LogP contribution in [0.2, 0.25) is 0 Å². The van der Waals surface area contributed by atoms with Crippen molar-refractivity contribution < 1.29 is 19.1 Å². The molecule has 0 radical (unpaired) electrons. The first-order valence-electron chi connectivity index (χ1n) is 11.6. The van der Waals surface area contributed by atoms with Crippen molar-refractivity contribution in [2.24, 2.45) is 0 Å². The molecule has 2 fully saturated rings. The minimum Gasteiger partial charge on any atom is -0.454 e. The number of hydrogen-bond donors (Lipinski definition) is 3. The standard InChI is InChI=1S/C25H30N4O4/c1-15-3-5-19(16(2)11-15)20-13-21(28-27-20)25(31)29-9-7-18(8-10-29)26-24(30)17-4-6-22-23(12-17)33-14-32-22/h3-6,11-12,18,20-21,27-28H,7-10,13-14H2,1-2H3,(H,26,30). The second kappa shape index (κ2) is 9.03. The van der Waals surface area contributed by atoms with Gasteiger partial charge in [-0.1, -0.05) is 23.8 Å². The Balaban J connectivity index is 1.12. The van der Waals surface area contributed by atoms with Gasteiger partial charge in [0.25, 0.3) is 5.91 Å². The van der Waals surface area contributed by atoms with E-state index in [1.807, 2.05) is 4.90 Å². The molecule has 0 spiro atoms. The molecule has 8 nitrogen and oxygen atoms in total. The number of ether oxygens (including phenoxy) is 2. The van der Waals surface area contributed by atoms with Crippen molar-refractivity contribution in [3.63, 3.8) is 0 Å². The monoisotopic (exact) mass is 450 g/mol. The van der Waals surface area contributed by atoms with Gasteiger partial charge < -0.3 is 19.7 Å². The molecular formula is C25H30N4O4. The van der Waals surface area contributed by atoms with Gasteiger partial charge in [-0.05, 0) is 62.4 Å². The average molecular weight is 451 g/mol. The molecular weight excluding hydrogens is 420 g/mol. The Morgan fingerprint density at radius 1 is 1.00 bits per heavy atom. The Hall–Kier alpha value is -3.10. The van der Waals surface area contributed by atoms with E-state index in [4.69, 9.17) is 9.47 Å². The molecule has 174 valence electrons. The van der Waals surface area contributed by atoms with Gasteiger partial charge in [-0.3, -0.25) is 9.59 Å². The first-order valence-corrected chi connectivity index (χ1v) is 11.6. The van der Waals surface area contributed by atoms with Crippen LogP contribution in [0, 0.1) is 13.8 Å². The fourth-order valence-electron chi connectivity index (χ4n) is 4.91. The van der Waals surface area contributed by atoms with Crippen LogP contribution in [0.1, 0.15) is 52.4 Å². The van der Waals surface area contributed by atoms with E-state index in [0.717, 1.165) is 19.3 Å². The highest BCUT2D eigenvalue weighted by Gasteiger charge is 2.35. The van der Waals surface area contributed by atoms with E-state index in [2.05, 4.69) is 48.2 Å². The van der Waals surface area contributed by atoms with Gasteiger partial charge in [-0.2, -0.15) is 0 Å². The maximum atomic E-state index is 13.1. The normalized spacial score (nSPS) is 22.4. The minimum atomic E-state index is -0.240. The van der Waals surface area contributed by atoms with Crippen LogP contribution in [0.5, 0.6) is 11.5 Å². The average Bonchev–Trinajstić information content (AvgIpc) is 3.48. The van der Waals surface area contributed by atoms with Gasteiger partial charge in [0.15, 0.2) is 11.5 Å². The molecule has 2 saturated heterocycles. The number of nitrogens with zero attached hydrogens (tertiary/aromatic N) is 1. The number of aryl methyl sites for hydroxylation is 2. The number of hydrazine groups is 1. The molecule has 2 unspecified atom stereocenters. The van der Waals surface area contributed by atoms with Gasteiger partial charge in [0.1, 0.15) is 6.04 Å². The van der Waals surface area contributed by atoms with Crippen molar-refractivity contribution in [2.75, 3.05) is 19.9 Å². The molecule has 2 amide bonds. The molecule has 2 aromatic carbocycles. The number of fused-ring (bicyclic) bond motifs is 1.